The van der Waals surface area contributed by atoms with E-state index in [-0.39, 0.29) is 11.7 Å². The van der Waals surface area contributed by atoms with E-state index in [0.717, 1.165) is 4.90 Å². The molecule has 0 bridgehead atoms. The van der Waals surface area contributed by atoms with Gasteiger partial charge < -0.3 is 4.74 Å². The van der Waals surface area contributed by atoms with E-state index in [9.17, 15) is 14.4 Å². The molecule has 6 nitrogen and oxygen atoms in total. The van der Waals surface area contributed by atoms with E-state index in [4.69, 9.17) is 16.3 Å². The largest absolute Gasteiger partial charge is 0.491 e. The van der Waals surface area contributed by atoms with Gasteiger partial charge in [-0.25, -0.2) is 9.69 Å². The minimum Gasteiger partial charge on any atom is -0.491 e. The molecular formula is C20H17ClN2O4. The molecule has 0 saturated carbocycles. The van der Waals surface area contributed by atoms with Crippen LogP contribution in [-0.4, -0.2) is 23.9 Å². The minimum atomic E-state index is -0.801. The SMILES string of the molecule is CC(C)Oc1ccc(/C=C2/C(=O)NC(=O)N(c3ccc(Cl)cc3)C2=O)cc1. The predicted octanol–water partition coefficient (Wildman–Crippen LogP) is 3.79. The molecule has 138 valence electrons. The Bertz CT molecular complexity index is 918. The molecule has 1 aliphatic rings. The summed E-state index contributed by atoms with van der Waals surface area (Å²) in [6.07, 6.45) is 1.48. The molecule has 2 aromatic rings. The molecule has 1 heterocycles. The number of carbonyl (C=O) groups is 3. The molecule has 0 radical (unpaired) electrons. The summed E-state index contributed by atoms with van der Waals surface area (Å²) >= 11 is 5.85. The zero-order chi connectivity index (χ0) is 19.6. The van der Waals surface area contributed by atoms with Crippen molar-refractivity contribution >= 4 is 41.2 Å². The van der Waals surface area contributed by atoms with Crippen molar-refractivity contribution in [3.8, 4) is 5.75 Å². The lowest BCUT2D eigenvalue weighted by molar-refractivity contribution is -0.122. The molecule has 0 unspecified atom stereocenters. The van der Waals surface area contributed by atoms with Crippen LogP contribution in [0, 0.1) is 0 Å². The summed E-state index contributed by atoms with van der Waals surface area (Å²) in [5, 5.41) is 2.65. The predicted molar refractivity (Wildman–Crippen MR) is 103 cm³/mol. The van der Waals surface area contributed by atoms with Gasteiger partial charge in [0, 0.05) is 5.02 Å². The van der Waals surface area contributed by atoms with Gasteiger partial charge in [0.2, 0.25) is 0 Å². The molecule has 1 saturated heterocycles. The molecular weight excluding hydrogens is 368 g/mol. The van der Waals surface area contributed by atoms with Gasteiger partial charge in [0.25, 0.3) is 11.8 Å². The molecule has 0 spiro atoms. The van der Waals surface area contributed by atoms with Crippen molar-refractivity contribution in [2.75, 3.05) is 4.90 Å². The second-order valence-corrected chi connectivity index (χ2v) is 6.61. The average Bonchev–Trinajstić information content (AvgIpc) is 2.61. The Morgan fingerprint density at radius 1 is 1.00 bits per heavy atom. The van der Waals surface area contributed by atoms with Gasteiger partial charge in [-0.2, -0.15) is 0 Å². The standard InChI is InChI=1S/C20H17ClN2O4/c1-12(2)27-16-9-3-13(4-10-16)11-17-18(24)22-20(26)23(19(17)25)15-7-5-14(21)6-8-15/h3-12H,1-2H3,(H,22,24,26)/b17-11-. The van der Waals surface area contributed by atoms with E-state index < -0.39 is 17.8 Å². The molecule has 2 aromatic carbocycles. The van der Waals surface area contributed by atoms with E-state index in [1.54, 1.807) is 36.4 Å². The third-order valence-electron chi connectivity index (χ3n) is 3.75. The maximum atomic E-state index is 12.8. The number of anilines is 1. The number of halogens is 1. The summed E-state index contributed by atoms with van der Waals surface area (Å²) < 4.78 is 5.57. The molecule has 0 atom stereocenters. The van der Waals surface area contributed by atoms with Crippen LogP contribution in [0.1, 0.15) is 19.4 Å². The molecule has 0 aromatic heterocycles. The Labute approximate surface area is 161 Å². The van der Waals surface area contributed by atoms with Crippen LogP contribution in [0.3, 0.4) is 0 Å². The Morgan fingerprint density at radius 2 is 1.63 bits per heavy atom. The zero-order valence-electron chi connectivity index (χ0n) is 14.7. The van der Waals surface area contributed by atoms with Gasteiger partial charge in [-0.05, 0) is 61.9 Å². The summed E-state index contributed by atoms with van der Waals surface area (Å²) in [7, 11) is 0. The third kappa shape index (κ3) is 4.17. The van der Waals surface area contributed by atoms with Gasteiger partial charge in [0.1, 0.15) is 11.3 Å². The average molecular weight is 385 g/mol. The number of rotatable bonds is 4. The zero-order valence-corrected chi connectivity index (χ0v) is 15.5. The van der Waals surface area contributed by atoms with Crippen LogP contribution >= 0.6 is 11.6 Å². The lowest BCUT2D eigenvalue weighted by atomic mass is 10.1. The van der Waals surface area contributed by atoms with Crippen molar-refractivity contribution in [3.05, 3.63) is 64.7 Å². The monoisotopic (exact) mass is 384 g/mol. The van der Waals surface area contributed by atoms with Crippen molar-refractivity contribution < 1.29 is 19.1 Å². The highest BCUT2D eigenvalue weighted by molar-refractivity contribution is 6.39. The van der Waals surface area contributed by atoms with Crippen LogP contribution in [0.2, 0.25) is 5.02 Å². The number of imide groups is 2. The first-order chi connectivity index (χ1) is 12.8. The summed E-state index contributed by atoms with van der Waals surface area (Å²) in [4.78, 5) is 38.0. The molecule has 7 heteroatoms. The number of barbiturate groups is 1. The fraction of sp³-hybridized carbons (Fsp3) is 0.150. The highest BCUT2D eigenvalue weighted by atomic mass is 35.5. The highest BCUT2D eigenvalue weighted by Crippen LogP contribution is 2.24. The highest BCUT2D eigenvalue weighted by Gasteiger charge is 2.36. The maximum absolute atomic E-state index is 12.8. The van der Waals surface area contributed by atoms with E-state index in [1.807, 2.05) is 13.8 Å². The lowest BCUT2D eigenvalue weighted by Gasteiger charge is -2.26. The van der Waals surface area contributed by atoms with Gasteiger partial charge in [0.15, 0.2) is 0 Å². The van der Waals surface area contributed by atoms with Crippen molar-refractivity contribution in [3.63, 3.8) is 0 Å². The number of nitrogens with one attached hydrogen (secondary N) is 1. The van der Waals surface area contributed by atoms with Gasteiger partial charge in [-0.3, -0.25) is 14.9 Å². The fourth-order valence-electron chi connectivity index (χ4n) is 2.56. The van der Waals surface area contributed by atoms with Crippen molar-refractivity contribution in [2.24, 2.45) is 0 Å². The van der Waals surface area contributed by atoms with Gasteiger partial charge >= 0.3 is 6.03 Å². The number of hydrogen-bond donors (Lipinski definition) is 1. The van der Waals surface area contributed by atoms with Crippen molar-refractivity contribution in [1.29, 1.82) is 0 Å². The summed E-state index contributed by atoms with van der Waals surface area (Å²) in [6, 6.07) is 12.3. The smallest absolute Gasteiger partial charge is 0.335 e. The van der Waals surface area contributed by atoms with Gasteiger partial charge in [-0.15, -0.1) is 0 Å². The van der Waals surface area contributed by atoms with Crippen LogP contribution < -0.4 is 15.0 Å². The number of ether oxygens (including phenoxy) is 1. The summed E-state index contributed by atoms with van der Waals surface area (Å²) in [6.45, 7) is 3.84. The number of benzene rings is 2. The fourth-order valence-corrected chi connectivity index (χ4v) is 2.69. The maximum Gasteiger partial charge on any atom is 0.335 e. The number of urea groups is 1. The van der Waals surface area contributed by atoms with Crippen LogP contribution in [0.25, 0.3) is 6.08 Å². The Hall–Kier alpha value is -3.12. The second-order valence-electron chi connectivity index (χ2n) is 6.17. The van der Waals surface area contributed by atoms with E-state index >= 15 is 0 Å². The normalized spacial score (nSPS) is 16.1. The summed E-state index contributed by atoms with van der Waals surface area (Å²) in [5.41, 5.74) is 0.818. The molecule has 4 amide bonds. The van der Waals surface area contributed by atoms with Gasteiger partial charge in [-0.1, -0.05) is 23.7 Å². The van der Waals surface area contributed by atoms with Crippen molar-refractivity contribution in [2.45, 2.75) is 20.0 Å². The lowest BCUT2D eigenvalue weighted by Crippen LogP contribution is -2.54. The van der Waals surface area contributed by atoms with Crippen LogP contribution in [-0.2, 0) is 9.59 Å². The Morgan fingerprint density at radius 3 is 2.22 bits per heavy atom. The summed E-state index contributed by atoms with van der Waals surface area (Å²) in [5.74, 6) is -0.754. The van der Waals surface area contributed by atoms with Crippen LogP contribution in [0.5, 0.6) is 5.75 Å². The molecule has 0 aliphatic carbocycles. The third-order valence-corrected chi connectivity index (χ3v) is 4.00. The quantitative estimate of drug-likeness (QED) is 0.642. The first-order valence-electron chi connectivity index (χ1n) is 8.29. The Kier molecular flexibility index (Phi) is 5.28. The first kappa shape index (κ1) is 18.7. The number of amides is 4. The topological polar surface area (TPSA) is 75.7 Å². The molecule has 1 N–H and O–H groups in total. The molecule has 27 heavy (non-hydrogen) atoms. The number of nitrogens with zero attached hydrogens (tertiary/aromatic N) is 1. The van der Waals surface area contributed by atoms with E-state index in [1.165, 1.54) is 18.2 Å². The van der Waals surface area contributed by atoms with Crippen molar-refractivity contribution in [1.82, 2.24) is 5.32 Å². The van der Waals surface area contributed by atoms with Gasteiger partial charge in [0.05, 0.1) is 11.8 Å². The molecule has 3 rings (SSSR count). The number of carbonyl (C=O) groups excluding carboxylic acids is 3. The number of hydrogen-bond acceptors (Lipinski definition) is 4. The van der Waals surface area contributed by atoms with Crippen LogP contribution in [0.4, 0.5) is 10.5 Å². The van der Waals surface area contributed by atoms with E-state index in [2.05, 4.69) is 5.32 Å². The molecule has 1 fully saturated rings. The first-order valence-corrected chi connectivity index (χ1v) is 8.66. The van der Waals surface area contributed by atoms with E-state index in [0.29, 0.717) is 22.0 Å². The Balaban J connectivity index is 1.90. The van der Waals surface area contributed by atoms with Crippen LogP contribution in [0.15, 0.2) is 54.1 Å². The molecule has 1 aliphatic heterocycles. The second kappa shape index (κ2) is 7.63. The minimum absolute atomic E-state index is 0.0406.